The maximum absolute atomic E-state index is 13.8. The maximum Gasteiger partial charge on any atom is 0.328 e. The fourth-order valence-corrected chi connectivity index (χ4v) is 5.11. The van der Waals surface area contributed by atoms with E-state index in [0.29, 0.717) is 57.3 Å². The second-order valence-electron chi connectivity index (χ2n) is 10.9. The molecule has 2 bridgehead atoms. The van der Waals surface area contributed by atoms with E-state index in [0.717, 1.165) is 0 Å². The maximum atomic E-state index is 13.8. The molecule has 0 aliphatic carbocycles. The zero-order valence-corrected chi connectivity index (χ0v) is 24.6. The number of likely N-dealkylation sites (N-methyl/N-ethyl adjacent to an activating group) is 1. The Morgan fingerprint density at radius 3 is 2.54 bits per heavy atom. The Balaban J connectivity index is 1.95. The topological polar surface area (TPSA) is 177 Å². The lowest BCUT2D eigenvalue weighted by Crippen LogP contribution is -2.59. The van der Waals surface area contributed by atoms with Gasteiger partial charge in [0.05, 0.1) is 18.8 Å². The van der Waals surface area contributed by atoms with Crippen LogP contribution in [0.5, 0.6) is 0 Å². The molecule has 0 saturated carbocycles. The van der Waals surface area contributed by atoms with Crippen molar-refractivity contribution < 1.29 is 28.7 Å². The van der Waals surface area contributed by atoms with E-state index in [2.05, 4.69) is 31.6 Å². The molecule has 6 atom stereocenters. The molecule has 228 valence electrons. The number of amides is 4. The Morgan fingerprint density at radius 2 is 1.85 bits per heavy atom. The zero-order chi connectivity index (χ0) is 30.1. The highest BCUT2D eigenvalue weighted by atomic mass is 16.5. The summed E-state index contributed by atoms with van der Waals surface area (Å²) in [6.45, 7) is 6.29. The van der Waals surface area contributed by atoms with Crippen LogP contribution in [-0.4, -0.2) is 100 Å². The molecule has 2 aliphatic rings. The van der Waals surface area contributed by atoms with Gasteiger partial charge in [0.25, 0.3) is 0 Å². The molecule has 14 heteroatoms. The highest BCUT2D eigenvalue weighted by molar-refractivity contribution is 5.96. The van der Waals surface area contributed by atoms with E-state index >= 15 is 0 Å². The Hall–Kier alpha value is -3.55. The van der Waals surface area contributed by atoms with Crippen LogP contribution in [-0.2, 0) is 41.7 Å². The standard InChI is InChI=1S/C27H44N8O6/c1-6-16(2)22-25(38)29-19(27(40)41-5)10-7-8-12-34-15-18(32-33-34)14-20(30-23(36)17(3)28-4)26(39)35-13-9-11-21(35)24(37)31-22/h15-17,19-22,28H,6-14H2,1-5H3,(H,29,38)(H,30,36)(H,31,37)/t16-,17-,19-,20-,21-,22-/m0/s1. The number of nitrogens with zero attached hydrogens (tertiary/aromatic N) is 4. The van der Waals surface area contributed by atoms with Crippen LogP contribution in [0, 0.1) is 5.92 Å². The van der Waals surface area contributed by atoms with Gasteiger partial charge in [0.15, 0.2) is 0 Å². The number of methoxy groups -OCH3 is 1. The van der Waals surface area contributed by atoms with Crippen molar-refractivity contribution in [3.63, 3.8) is 0 Å². The van der Waals surface area contributed by atoms with E-state index in [1.54, 1.807) is 24.9 Å². The molecule has 0 radical (unpaired) electrons. The normalized spacial score (nSPS) is 26.1. The molecule has 1 fully saturated rings. The number of esters is 1. The van der Waals surface area contributed by atoms with Crippen molar-refractivity contribution in [2.45, 2.75) is 102 Å². The largest absolute Gasteiger partial charge is 0.467 e. The van der Waals surface area contributed by atoms with Crippen LogP contribution in [0.3, 0.4) is 0 Å². The molecule has 0 aromatic carbocycles. The van der Waals surface area contributed by atoms with Gasteiger partial charge >= 0.3 is 5.97 Å². The summed E-state index contributed by atoms with van der Waals surface area (Å²) < 4.78 is 6.57. The van der Waals surface area contributed by atoms with E-state index in [-0.39, 0.29) is 18.2 Å². The molecule has 1 saturated heterocycles. The number of fused-ring (bicyclic) bond motifs is 3. The van der Waals surface area contributed by atoms with E-state index in [9.17, 15) is 24.0 Å². The Morgan fingerprint density at radius 1 is 1.10 bits per heavy atom. The number of carbonyl (C=O) groups excluding carboxylic acids is 5. The van der Waals surface area contributed by atoms with Gasteiger partial charge in [0.1, 0.15) is 24.2 Å². The van der Waals surface area contributed by atoms with E-state index < -0.39 is 53.9 Å². The van der Waals surface area contributed by atoms with Gasteiger partial charge in [-0.15, -0.1) is 5.10 Å². The van der Waals surface area contributed by atoms with Crippen molar-refractivity contribution in [2.24, 2.45) is 5.92 Å². The molecule has 14 nitrogen and oxygen atoms in total. The summed E-state index contributed by atoms with van der Waals surface area (Å²) in [5, 5.41) is 19.7. The number of aryl methyl sites for hydroxylation is 1. The summed E-state index contributed by atoms with van der Waals surface area (Å²) in [5.74, 6) is -2.47. The first-order valence-corrected chi connectivity index (χ1v) is 14.4. The molecule has 0 unspecified atom stereocenters. The number of aromatic nitrogens is 3. The van der Waals surface area contributed by atoms with E-state index in [1.807, 2.05) is 13.8 Å². The van der Waals surface area contributed by atoms with Crippen LogP contribution >= 0.6 is 0 Å². The van der Waals surface area contributed by atoms with Crippen molar-refractivity contribution in [1.29, 1.82) is 0 Å². The highest BCUT2D eigenvalue weighted by Crippen LogP contribution is 2.21. The fourth-order valence-electron chi connectivity index (χ4n) is 5.11. The number of ether oxygens (including phenoxy) is 1. The van der Waals surface area contributed by atoms with Crippen molar-refractivity contribution in [3.05, 3.63) is 11.9 Å². The third kappa shape index (κ3) is 8.24. The summed E-state index contributed by atoms with van der Waals surface area (Å²) in [7, 11) is 2.92. The molecule has 3 rings (SSSR count). The first kappa shape index (κ1) is 32.0. The summed E-state index contributed by atoms with van der Waals surface area (Å²) >= 11 is 0. The molecular weight excluding hydrogens is 532 g/mol. The fraction of sp³-hybridized carbons (Fsp3) is 0.741. The molecule has 3 heterocycles. The molecule has 41 heavy (non-hydrogen) atoms. The van der Waals surface area contributed by atoms with Crippen LogP contribution in [0.25, 0.3) is 0 Å². The van der Waals surface area contributed by atoms with Crippen molar-refractivity contribution >= 4 is 29.6 Å². The minimum absolute atomic E-state index is 0.105. The summed E-state index contributed by atoms with van der Waals surface area (Å²) in [5.41, 5.74) is 0.526. The smallest absolute Gasteiger partial charge is 0.328 e. The zero-order valence-electron chi connectivity index (χ0n) is 24.6. The van der Waals surface area contributed by atoms with Gasteiger partial charge in [-0.25, -0.2) is 4.79 Å². The van der Waals surface area contributed by atoms with Crippen LogP contribution in [0.15, 0.2) is 6.20 Å². The minimum atomic E-state index is -0.954. The van der Waals surface area contributed by atoms with Crippen molar-refractivity contribution in [1.82, 2.24) is 41.2 Å². The summed E-state index contributed by atoms with van der Waals surface area (Å²) in [6.07, 6.45) is 5.03. The molecule has 0 spiro atoms. The summed E-state index contributed by atoms with van der Waals surface area (Å²) in [6, 6.07) is -4.07. The third-order valence-electron chi connectivity index (χ3n) is 8.00. The first-order valence-electron chi connectivity index (χ1n) is 14.4. The van der Waals surface area contributed by atoms with E-state index in [4.69, 9.17) is 4.74 Å². The van der Waals surface area contributed by atoms with Crippen molar-refractivity contribution in [2.75, 3.05) is 20.7 Å². The van der Waals surface area contributed by atoms with Crippen LogP contribution in [0.2, 0.25) is 0 Å². The molecule has 4 N–H and O–H groups in total. The number of rotatable bonds is 6. The van der Waals surface area contributed by atoms with Gasteiger partial charge in [-0.3, -0.25) is 23.9 Å². The number of hydrogen-bond donors (Lipinski definition) is 4. The average molecular weight is 577 g/mol. The first-order chi connectivity index (χ1) is 19.6. The van der Waals surface area contributed by atoms with Gasteiger partial charge in [0.2, 0.25) is 23.6 Å². The quantitative estimate of drug-likeness (QED) is 0.318. The summed E-state index contributed by atoms with van der Waals surface area (Å²) in [4.78, 5) is 67.5. The van der Waals surface area contributed by atoms with Crippen LogP contribution < -0.4 is 21.3 Å². The Kier molecular flexibility index (Phi) is 11.6. The third-order valence-corrected chi connectivity index (χ3v) is 8.00. The molecule has 1 aromatic rings. The van der Waals surface area contributed by atoms with Gasteiger partial charge in [-0.05, 0) is 52.0 Å². The molecular formula is C27H44N8O6. The second-order valence-corrected chi connectivity index (χ2v) is 10.9. The predicted molar refractivity (Wildman–Crippen MR) is 148 cm³/mol. The molecule has 2 aliphatic heterocycles. The Labute approximate surface area is 240 Å². The predicted octanol–water partition coefficient (Wildman–Crippen LogP) is -0.723. The van der Waals surface area contributed by atoms with Crippen LogP contribution in [0.4, 0.5) is 0 Å². The monoisotopic (exact) mass is 576 g/mol. The number of nitrogens with one attached hydrogen (secondary N) is 4. The highest BCUT2D eigenvalue weighted by Gasteiger charge is 2.40. The van der Waals surface area contributed by atoms with Gasteiger partial charge < -0.3 is 30.9 Å². The average Bonchev–Trinajstić information content (AvgIpc) is 3.64. The number of carbonyl (C=O) groups is 5. The Bertz CT molecular complexity index is 1090. The van der Waals surface area contributed by atoms with E-state index in [1.165, 1.54) is 12.0 Å². The lowest BCUT2D eigenvalue weighted by molar-refractivity contribution is -0.146. The minimum Gasteiger partial charge on any atom is -0.467 e. The van der Waals surface area contributed by atoms with Crippen LogP contribution in [0.1, 0.15) is 65.0 Å². The van der Waals surface area contributed by atoms with Gasteiger partial charge in [0, 0.05) is 25.7 Å². The molecule has 1 aromatic heterocycles. The second kappa shape index (κ2) is 14.9. The molecule has 4 amide bonds. The SMILES string of the molecule is CC[C@H](C)[C@@H]1NC(=O)[C@@H]2CCCN2C(=O)[C@@H](NC(=O)[C@H](C)NC)Cc2cn(nn2)CCCC[C@@H](C(=O)OC)NC1=O. The van der Waals surface area contributed by atoms with Crippen molar-refractivity contribution in [3.8, 4) is 0 Å². The number of hydrogen-bond acceptors (Lipinski definition) is 9. The van der Waals surface area contributed by atoms with Gasteiger partial charge in [-0.2, -0.15) is 0 Å². The lowest BCUT2D eigenvalue weighted by atomic mass is 9.97. The lowest BCUT2D eigenvalue weighted by Gasteiger charge is -2.31. The van der Waals surface area contributed by atoms with Gasteiger partial charge in [-0.1, -0.05) is 25.5 Å².